The van der Waals surface area contributed by atoms with Gasteiger partial charge in [-0.15, -0.1) is 0 Å². The number of fused-ring (bicyclic) bond motifs is 1. The summed E-state index contributed by atoms with van der Waals surface area (Å²) in [6.45, 7) is 3.86. The fourth-order valence-electron chi connectivity index (χ4n) is 3.12. The zero-order valence-corrected chi connectivity index (χ0v) is 15.8. The van der Waals surface area contributed by atoms with Gasteiger partial charge in [0.15, 0.2) is 0 Å². The lowest BCUT2D eigenvalue weighted by atomic mass is 10.0. The fourth-order valence-corrected chi connectivity index (χ4v) is 3.12. The van der Waals surface area contributed by atoms with Gasteiger partial charge in [0.1, 0.15) is 11.6 Å². The van der Waals surface area contributed by atoms with Crippen LogP contribution in [0.4, 0.5) is 0 Å². The van der Waals surface area contributed by atoms with Crippen molar-refractivity contribution in [2.75, 3.05) is 6.54 Å². The van der Waals surface area contributed by atoms with E-state index in [1.54, 1.807) is 36.1 Å². The van der Waals surface area contributed by atoms with Crippen molar-refractivity contribution in [2.45, 2.75) is 33.2 Å². The number of nitrogens with zero attached hydrogens (tertiary/aromatic N) is 2. The Morgan fingerprint density at radius 1 is 1.25 bits per heavy atom. The van der Waals surface area contributed by atoms with Crippen LogP contribution in [0, 0.1) is 5.92 Å². The summed E-state index contributed by atoms with van der Waals surface area (Å²) in [4.78, 5) is 56.5. The smallest absolute Gasteiger partial charge is 0.254 e. The van der Waals surface area contributed by atoms with Gasteiger partial charge in [-0.25, -0.2) is 4.98 Å². The summed E-state index contributed by atoms with van der Waals surface area (Å²) in [7, 11) is 0. The molecule has 0 saturated carbocycles. The molecule has 2 heterocycles. The van der Waals surface area contributed by atoms with E-state index in [9.17, 15) is 19.2 Å². The van der Waals surface area contributed by atoms with Crippen LogP contribution in [0.25, 0.3) is 11.4 Å². The summed E-state index contributed by atoms with van der Waals surface area (Å²) in [5.74, 6) is -0.649. The average Bonchev–Trinajstić information content (AvgIpc) is 2.67. The Hall–Kier alpha value is -3.29. The molecule has 1 unspecified atom stereocenters. The molecule has 28 heavy (non-hydrogen) atoms. The van der Waals surface area contributed by atoms with Gasteiger partial charge in [0.2, 0.25) is 11.8 Å². The van der Waals surface area contributed by atoms with Crippen molar-refractivity contribution in [2.24, 2.45) is 11.7 Å². The van der Waals surface area contributed by atoms with Gasteiger partial charge in [-0.1, -0.05) is 19.1 Å². The van der Waals surface area contributed by atoms with Gasteiger partial charge in [-0.2, -0.15) is 0 Å². The molecular formula is C20H22N4O4. The predicted octanol–water partition coefficient (Wildman–Crippen LogP) is 1.04. The van der Waals surface area contributed by atoms with E-state index in [1.165, 1.54) is 6.92 Å². The number of nitrogens with one attached hydrogen (secondary N) is 1. The molecule has 1 aromatic heterocycles. The number of benzene rings is 1. The molecule has 2 aromatic rings. The molecule has 0 saturated heterocycles. The zero-order chi connectivity index (χ0) is 20.4. The van der Waals surface area contributed by atoms with Crippen LogP contribution < -0.4 is 11.3 Å². The highest BCUT2D eigenvalue weighted by atomic mass is 16.2. The highest BCUT2D eigenvalue weighted by molar-refractivity contribution is 5.93. The van der Waals surface area contributed by atoms with Gasteiger partial charge in [0, 0.05) is 35.6 Å². The zero-order valence-electron chi connectivity index (χ0n) is 15.8. The standard InChI is InChI=1S/C20H22N4O4/c1-11(12(2)25)9-17(26)24-8-7-15-16(10-24)22-19(23-20(15)28)14-5-3-13(4-6-14)18(21)27/h3-6,11H,7-10H2,1-2H3,(H2,21,27)(H,22,23,28). The third kappa shape index (κ3) is 4.00. The van der Waals surface area contributed by atoms with Gasteiger partial charge >= 0.3 is 0 Å². The van der Waals surface area contributed by atoms with Crippen LogP contribution in [-0.4, -0.2) is 39.0 Å². The number of primary amides is 1. The number of hydrogen-bond acceptors (Lipinski definition) is 5. The summed E-state index contributed by atoms with van der Waals surface area (Å²) in [5, 5.41) is 0. The molecule has 8 heteroatoms. The van der Waals surface area contributed by atoms with E-state index < -0.39 is 5.91 Å². The number of nitrogens with two attached hydrogens (primary N) is 1. The number of aromatic amines is 1. The number of Topliss-reactive ketones (excluding diaryl/α,β-unsaturated/α-hetero) is 1. The quantitative estimate of drug-likeness (QED) is 0.799. The van der Waals surface area contributed by atoms with Gasteiger partial charge in [-0.3, -0.25) is 19.2 Å². The Morgan fingerprint density at radius 2 is 1.93 bits per heavy atom. The minimum atomic E-state index is -0.535. The number of carbonyl (C=O) groups excluding carboxylic acids is 3. The van der Waals surface area contributed by atoms with Gasteiger partial charge < -0.3 is 15.6 Å². The minimum absolute atomic E-state index is 0.0259. The third-order valence-corrected chi connectivity index (χ3v) is 5.04. The van der Waals surface area contributed by atoms with Crippen molar-refractivity contribution in [3.05, 3.63) is 51.4 Å². The molecule has 1 aromatic carbocycles. The maximum atomic E-state index is 12.5. The second-order valence-corrected chi connectivity index (χ2v) is 7.06. The Balaban J connectivity index is 1.85. The van der Waals surface area contributed by atoms with Crippen molar-refractivity contribution in [1.29, 1.82) is 0 Å². The Morgan fingerprint density at radius 3 is 2.54 bits per heavy atom. The predicted molar refractivity (Wildman–Crippen MR) is 102 cm³/mol. The van der Waals surface area contributed by atoms with E-state index in [0.29, 0.717) is 41.2 Å². The molecule has 0 fully saturated rings. The molecule has 3 rings (SSSR count). The van der Waals surface area contributed by atoms with Crippen LogP contribution in [0.3, 0.4) is 0 Å². The summed E-state index contributed by atoms with van der Waals surface area (Å²) in [5.41, 5.74) is 7.13. The topological polar surface area (TPSA) is 126 Å². The van der Waals surface area contributed by atoms with Crippen LogP contribution in [0.15, 0.2) is 29.1 Å². The van der Waals surface area contributed by atoms with Crippen LogP contribution >= 0.6 is 0 Å². The van der Waals surface area contributed by atoms with Crippen molar-refractivity contribution >= 4 is 17.6 Å². The van der Waals surface area contributed by atoms with Crippen molar-refractivity contribution < 1.29 is 14.4 Å². The first-order valence-corrected chi connectivity index (χ1v) is 9.06. The molecule has 0 radical (unpaired) electrons. The first-order valence-electron chi connectivity index (χ1n) is 9.06. The molecule has 0 spiro atoms. The van der Waals surface area contributed by atoms with Crippen LogP contribution in [0.2, 0.25) is 0 Å². The minimum Gasteiger partial charge on any atom is -0.366 e. The Labute approximate surface area is 161 Å². The number of rotatable bonds is 5. The molecule has 146 valence electrons. The van der Waals surface area contributed by atoms with Gasteiger partial charge in [0.25, 0.3) is 5.56 Å². The largest absolute Gasteiger partial charge is 0.366 e. The number of ketones is 1. The molecule has 3 N–H and O–H groups in total. The average molecular weight is 382 g/mol. The second kappa shape index (κ2) is 7.75. The lowest BCUT2D eigenvalue weighted by Gasteiger charge is -2.28. The monoisotopic (exact) mass is 382 g/mol. The molecule has 2 amide bonds. The number of H-pyrrole nitrogens is 1. The van der Waals surface area contributed by atoms with E-state index in [4.69, 9.17) is 5.73 Å². The lowest BCUT2D eigenvalue weighted by molar-refractivity contribution is -0.135. The summed E-state index contributed by atoms with van der Waals surface area (Å²) < 4.78 is 0. The second-order valence-electron chi connectivity index (χ2n) is 7.06. The summed E-state index contributed by atoms with van der Waals surface area (Å²) in [6, 6.07) is 6.45. The Bertz CT molecular complexity index is 994. The first kappa shape index (κ1) is 19.5. The number of aromatic nitrogens is 2. The summed E-state index contributed by atoms with van der Waals surface area (Å²) >= 11 is 0. The first-order chi connectivity index (χ1) is 13.3. The summed E-state index contributed by atoms with van der Waals surface area (Å²) in [6.07, 6.45) is 0.564. The number of carbonyl (C=O) groups is 3. The molecule has 0 bridgehead atoms. The van der Waals surface area contributed by atoms with E-state index in [1.807, 2.05) is 0 Å². The van der Waals surface area contributed by atoms with Gasteiger partial charge in [0.05, 0.1) is 12.2 Å². The molecule has 0 aliphatic carbocycles. The van der Waals surface area contributed by atoms with Crippen molar-refractivity contribution in [3.63, 3.8) is 0 Å². The van der Waals surface area contributed by atoms with E-state index in [2.05, 4.69) is 9.97 Å². The molecule has 1 aliphatic rings. The van der Waals surface area contributed by atoms with Crippen molar-refractivity contribution in [3.8, 4) is 11.4 Å². The van der Waals surface area contributed by atoms with Gasteiger partial charge in [-0.05, 0) is 25.5 Å². The fraction of sp³-hybridized carbons (Fsp3) is 0.350. The number of amides is 2. The highest BCUT2D eigenvalue weighted by Crippen LogP contribution is 2.20. The third-order valence-electron chi connectivity index (χ3n) is 5.04. The number of hydrogen-bond donors (Lipinski definition) is 2. The van der Waals surface area contributed by atoms with Crippen LogP contribution in [-0.2, 0) is 22.6 Å². The van der Waals surface area contributed by atoms with E-state index in [-0.39, 0.29) is 36.1 Å². The molecule has 8 nitrogen and oxygen atoms in total. The van der Waals surface area contributed by atoms with Crippen molar-refractivity contribution in [1.82, 2.24) is 14.9 Å². The highest BCUT2D eigenvalue weighted by Gasteiger charge is 2.26. The Kier molecular flexibility index (Phi) is 5.39. The maximum absolute atomic E-state index is 12.5. The molecule has 1 atom stereocenters. The molecular weight excluding hydrogens is 360 g/mol. The SMILES string of the molecule is CC(=O)C(C)CC(=O)N1CCc2c(nc(-c3ccc(C(N)=O)cc3)[nH]c2=O)C1. The van der Waals surface area contributed by atoms with Crippen LogP contribution in [0.5, 0.6) is 0 Å². The molecule has 1 aliphatic heterocycles. The van der Waals surface area contributed by atoms with E-state index >= 15 is 0 Å². The lowest BCUT2D eigenvalue weighted by Crippen LogP contribution is -2.40. The normalized spacial score (nSPS) is 14.3. The van der Waals surface area contributed by atoms with Crippen LogP contribution in [0.1, 0.15) is 41.9 Å². The maximum Gasteiger partial charge on any atom is 0.254 e. The van der Waals surface area contributed by atoms with E-state index in [0.717, 1.165) is 0 Å².